The van der Waals surface area contributed by atoms with Crippen LogP contribution in [0.15, 0.2) is 77.3 Å². The summed E-state index contributed by atoms with van der Waals surface area (Å²) < 4.78 is 2.17. The number of rotatable bonds is 6. The third-order valence-corrected chi connectivity index (χ3v) is 5.93. The Labute approximate surface area is 211 Å². The van der Waals surface area contributed by atoms with Crippen molar-refractivity contribution in [1.82, 2.24) is 9.99 Å². The number of benzene rings is 3. The fraction of sp³-hybridized carbons (Fsp3) is 0.148. The number of aromatic nitrogens is 1. The van der Waals surface area contributed by atoms with Gasteiger partial charge in [0, 0.05) is 22.1 Å². The molecule has 3 aromatic carbocycles. The second kappa shape index (κ2) is 10.6. The van der Waals surface area contributed by atoms with E-state index in [0.29, 0.717) is 24.2 Å². The van der Waals surface area contributed by atoms with Crippen molar-refractivity contribution in [3.05, 3.63) is 99.7 Å². The first-order chi connectivity index (χ1) is 16.8. The Balaban J connectivity index is 1.53. The number of anilines is 1. The van der Waals surface area contributed by atoms with Gasteiger partial charge in [0.05, 0.1) is 5.52 Å². The molecule has 0 aliphatic heterocycles. The number of fused-ring (bicyclic) bond motifs is 1. The monoisotopic (exact) mass is 532 g/mol. The zero-order chi connectivity index (χ0) is 24.9. The van der Waals surface area contributed by atoms with E-state index in [1.165, 1.54) is 4.68 Å². The van der Waals surface area contributed by atoms with Crippen LogP contribution in [0.3, 0.4) is 0 Å². The first kappa shape index (κ1) is 24.2. The summed E-state index contributed by atoms with van der Waals surface area (Å²) in [5, 5.41) is 6.25. The molecular formula is C27H25BrN4O3. The topological polar surface area (TPSA) is 92.2 Å². The van der Waals surface area contributed by atoms with Crippen molar-refractivity contribution in [3.63, 3.8) is 0 Å². The number of halogens is 1. The molecule has 1 aromatic heterocycles. The Morgan fingerprint density at radius 1 is 0.857 bits per heavy atom. The number of hydrogen-bond acceptors (Lipinski definition) is 3. The van der Waals surface area contributed by atoms with Crippen LogP contribution in [0.2, 0.25) is 0 Å². The quantitative estimate of drug-likeness (QED) is 0.314. The van der Waals surface area contributed by atoms with Gasteiger partial charge in [-0.1, -0.05) is 52.3 Å². The molecule has 178 valence electrons. The van der Waals surface area contributed by atoms with Gasteiger partial charge in [0.15, 0.2) is 0 Å². The second-order valence-corrected chi connectivity index (χ2v) is 9.25. The number of amides is 3. The number of aryl methyl sites for hydroxylation is 2. The maximum atomic E-state index is 13.2. The van der Waals surface area contributed by atoms with Crippen molar-refractivity contribution < 1.29 is 14.4 Å². The van der Waals surface area contributed by atoms with E-state index in [1.807, 2.05) is 68.4 Å². The number of nitrogens with zero attached hydrogens (tertiary/aromatic N) is 1. The van der Waals surface area contributed by atoms with Crippen LogP contribution >= 0.6 is 15.9 Å². The van der Waals surface area contributed by atoms with Crippen LogP contribution in [-0.4, -0.2) is 28.9 Å². The molecule has 0 radical (unpaired) electrons. The van der Waals surface area contributed by atoms with Gasteiger partial charge in [-0.25, -0.2) is 4.68 Å². The van der Waals surface area contributed by atoms with Crippen LogP contribution in [-0.2, 0) is 16.0 Å². The summed E-state index contributed by atoms with van der Waals surface area (Å²) >= 11 is 3.43. The summed E-state index contributed by atoms with van der Waals surface area (Å²) in [5.41, 5.74) is 7.11. The molecule has 1 heterocycles. The fourth-order valence-electron chi connectivity index (χ4n) is 3.91. The molecular weight excluding hydrogens is 508 g/mol. The highest BCUT2D eigenvalue weighted by atomic mass is 79.9. The zero-order valence-corrected chi connectivity index (χ0v) is 21.0. The second-order valence-electron chi connectivity index (χ2n) is 8.33. The molecule has 0 fully saturated rings. The lowest BCUT2D eigenvalue weighted by Crippen LogP contribution is -2.40. The minimum Gasteiger partial charge on any atom is -0.347 e. The van der Waals surface area contributed by atoms with Gasteiger partial charge in [-0.2, -0.15) is 0 Å². The molecule has 8 heteroatoms. The summed E-state index contributed by atoms with van der Waals surface area (Å²) in [6, 6.07) is 22.5. The van der Waals surface area contributed by atoms with Crippen molar-refractivity contribution in [2.75, 3.05) is 17.3 Å². The average molecular weight is 533 g/mol. The molecule has 0 saturated heterocycles. The van der Waals surface area contributed by atoms with Crippen LogP contribution in [0, 0.1) is 13.8 Å². The molecule has 3 amide bonds. The van der Waals surface area contributed by atoms with E-state index in [-0.39, 0.29) is 5.69 Å². The lowest BCUT2D eigenvalue weighted by molar-refractivity contribution is -0.136. The summed E-state index contributed by atoms with van der Waals surface area (Å²) in [6.07, 6.45) is 0.601. The lowest BCUT2D eigenvalue weighted by Gasteiger charge is -2.13. The van der Waals surface area contributed by atoms with Crippen LogP contribution in [0.1, 0.15) is 27.2 Å². The molecule has 0 atom stereocenters. The van der Waals surface area contributed by atoms with Crippen LogP contribution in [0.5, 0.6) is 0 Å². The zero-order valence-electron chi connectivity index (χ0n) is 19.4. The normalized spacial score (nSPS) is 10.7. The third kappa shape index (κ3) is 5.96. The van der Waals surface area contributed by atoms with Gasteiger partial charge < -0.3 is 10.6 Å². The van der Waals surface area contributed by atoms with Gasteiger partial charge >= 0.3 is 11.8 Å². The van der Waals surface area contributed by atoms with Crippen molar-refractivity contribution in [2.45, 2.75) is 20.3 Å². The predicted molar refractivity (Wildman–Crippen MR) is 141 cm³/mol. The summed E-state index contributed by atoms with van der Waals surface area (Å²) in [5.74, 6) is -2.05. The van der Waals surface area contributed by atoms with Crippen molar-refractivity contribution >= 4 is 50.2 Å². The molecule has 35 heavy (non-hydrogen) atoms. The van der Waals surface area contributed by atoms with Crippen LogP contribution in [0.4, 0.5) is 5.69 Å². The SMILES string of the molecule is Cc1cc(C)cc(NC(=O)c2cc3cc(Br)ccc3n2NC(=O)C(=O)NCCc2ccccc2)c1. The summed E-state index contributed by atoms with van der Waals surface area (Å²) in [6.45, 7) is 4.22. The molecule has 0 aliphatic rings. The van der Waals surface area contributed by atoms with Gasteiger partial charge in [0.1, 0.15) is 5.69 Å². The Morgan fingerprint density at radius 3 is 2.29 bits per heavy atom. The first-order valence-electron chi connectivity index (χ1n) is 11.1. The standard InChI is InChI=1S/C27H25BrN4O3/c1-17-12-18(2)14-22(13-17)30-25(33)24-16-20-15-21(28)8-9-23(20)32(24)31-27(35)26(34)29-11-10-19-6-4-3-5-7-19/h3-9,12-16H,10-11H2,1-2H3,(H,29,34)(H,30,33)(H,31,35). The van der Waals surface area contributed by atoms with E-state index in [1.54, 1.807) is 18.2 Å². The van der Waals surface area contributed by atoms with E-state index in [0.717, 1.165) is 26.5 Å². The van der Waals surface area contributed by atoms with E-state index in [9.17, 15) is 14.4 Å². The Hall–Kier alpha value is -3.91. The van der Waals surface area contributed by atoms with E-state index >= 15 is 0 Å². The molecule has 4 rings (SSSR count). The van der Waals surface area contributed by atoms with E-state index in [2.05, 4.69) is 32.0 Å². The number of carbonyl (C=O) groups excluding carboxylic acids is 3. The smallest absolute Gasteiger partial charge is 0.328 e. The van der Waals surface area contributed by atoms with Gasteiger partial charge in [-0.05, 0) is 73.4 Å². The van der Waals surface area contributed by atoms with E-state index in [4.69, 9.17) is 0 Å². The largest absolute Gasteiger partial charge is 0.347 e. The molecule has 0 saturated carbocycles. The third-order valence-electron chi connectivity index (χ3n) is 5.44. The Morgan fingerprint density at radius 2 is 1.57 bits per heavy atom. The number of nitrogens with one attached hydrogen (secondary N) is 3. The summed E-state index contributed by atoms with van der Waals surface area (Å²) in [4.78, 5) is 38.3. The molecule has 0 spiro atoms. The maximum Gasteiger partial charge on any atom is 0.328 e. The predicted octanol–water partition coefficient (Wildman–Crippen LogP) is 4.70. The number of carbonyl (C=O) groups is 3. The Bertz CT molecular complexity index is 1390. The highest BCUT2D eigenvalue weighted by Crippen LogP contribution is 2.24. The first-order valence-corrected chi connectivity index (χ1v) is 11.9. The van der Waals surface area contributed by atoms with Crippen LogP contribution < -0.4 is 16.1 Å². The minimum atomic E-state index is -0.862. The van der Waals surface area contributed by atoms with Gasteiger partial charge in [0.25, 0.3) is 5.91 Å². The molecule has 3 N–H and O–H groups in total. The number of hydrogen-bond donors (Lipinski definition) is 3. The lowest BCUT2D eigenvalue weighted by atomic mass is 10.1. The molecule has 7 nitrogen and oxygen atoms in total. The average Bonchev–Trinajstić information content (AvgIpc) is 3.16. The summed E-state index contributed by atoms with van der Waals surface area (Å²) in [7, 11) is 0. The van der Waals surface area contributed by atoms with Gasteiger partial charge in [-0.15, -0.1) is 0 Å². The molecule has 0 aliphatic carbocycles. The van der Waals surface area contributed by atoms with E-state index < -0.39 is 17.7 Å². The van der Waals surface area contributed by atoms with Gasteiger partial charge in [-0.3, -0.25) is 19.8 Å². The van der Waals surface area contributed by atoms with Gasteiger partial charge in [0.2, 0.25) is 0 Å². The van der Waals surface area contributed by atoms with Crippen molar-refractivity contribution in [2.24, 2.45) is 0 Å². The maximum absolute atomic E-state index is 13.2. The fourth-order valence-corrected chi connectivity index (χ4v) is 4.29. The molecule has 4 aromatic rings. The highest BCUT2D eigenvalue weighted by molar-refractivity contribution is 9.10. The van der Waals surface area contributed by atoms with Crippen LogP contribution in [0.25, 0.3) is 10.9 Å². The molecule has 0 bridgehead atoms. The minimum absolute atomic E-state index is 0.197. The van der Waals surface area contributed by atoms with Crippen molar-refractivity contribution in [3.8, 4) is 0 Å². The highest BCUT2D eigenvalue weighted by Gasteiger charge is 2.21. The molecule has 0 unspecified atom stereocenters. The Kier molecular flexibility index (Phi) is 7.31. The van der Waals surface area contributed by atoms with Crippen molar-refractivity contribution in [1.29, 1.82) is 0 Å².